The van der Waals surface area contributed by atoms with Gasteiger partial charge in [-0.15, -0.1) is 0 Å². The highest BCUT2D eigenvalue weighted by molar-refractivity contribution is 5.77. The van der Waals surface area contributed by atoms with E-state index in [-0.39, 0.29) is 24.6 Å². The third kappa shape index (κ3) is 2.15. The highest BCUT2D eigenvalue weighted by atomic mass is 19.3. The fourth-order valence-electron chi connectivity index (χ4n) is 3.32. The van der Waals surface area contributed by atoms with Gasteiger partial charge in [-0.05, 0) is 25.3 Å². The number of hydrogen-bond donors (Lipinski definition) is 0. The predicted molar refractivity (Wildman–Crippen MR) is 76.1 cm³/mol. The van der Waals surface area contributed by atoms with E-state index >= 15 is 0 Å². The lowest BCUT2D eigenvalue weighted by Gasteiger charge is -2.36. The first-order valence-electron chi connectivity index (χ1n) is 7.63. The van der Waals surface area contributed by atoms with E-state index in [1.54, 1.807) is 16.9 Å². The molecule has 0 N–H and O–H groups in total. The van der Waals surface area contributed by atoms with Gasteiger partial charge >= 0.3 is 0 Å². The van der Waals surface area contributed by atoms with Crippen LogP contribution in [0.5, 0.6) is 0 Å². The van der Waals surface area contributed by atoms with Gasteiger partial charge in [-0.25, -0.2) is 13.5 Å². The molecule has 0 aromatic carbocycles. The Morgan fingerprint density at radius 2 is 2.14 bits per heavy atom. The summed E-state index contributed by atoms with van der Waals surface area (Å²) < 4.78 is 34.9. The molecule has 22 heavy (non-hydrogen) atoms. The molecule has 2 aromatic rings. The van der Waals surface area contributed by atoms with Gasteiger partial charge in [0.25, 0.3) is 11.5 Å². The number of pyridine rings is 1. The van der Waals surface area contributed by atoms with Crippen LogP contribution in [0.25, 0.3) is 10.9 Å². The van der Waals surface area contributed by atoms with Crippen molar-refractivity contribution >= 4 is 10.9 Å². The van der Waals surface area contributed by atoms with Crippen LogP contribution in [-0.2, 0) is 4.74 Å². The molecule has 1 saturated heterocycles. The Hall–Kier alpha value is -1.76. The van der Waals surface area contributed by atoms with Crippen LogP contribution in [0.15, 0.2) is 23.3 Å². The van der Waals surface area contributed by atoms with Gasteiger partial charge in [-0.3, -0.25) is 4.79 Å². The lowest BCUT2D eigenvalue weighted by Crippen LogP contribution is -2.40. The van der Waals surface area contributed by atoms with Crippen molar-refractivity contribution in [2.24, 2.45) is 0 Å². The first kappa shape index (κ1) is 13.9. The minimum absolute atomic E-state index is 0.144. The largest absolute Gasteiger partial charge is 0.356 e. The molecule has 0 amide bonds. The van der Waals surface area contributed by atoms with Gasteiger partial charge < -0.3 is 9.30 Å². The van der Waals surface area contributed by atoms with Gasteiger partial charge in [0.05, 0.1) is 17.1 Å². The molecule has 1 saturated carbocycles. The molecule has 0 spiro atoms. The number of ether oxygens (including phenoxy) is 1. The molecule has 2 aliphatic rings. The van der Waals surface area contributed by atoms with Crippen LogP contribution in [0.2, 0.25) is 0 Å². The number of rotatable bonds is 2. The van der Waals surface area contributed by atoms with Gasteiger partial charge in [0, 0.05) is 31.7 Å². The van der Waals surface area contributed by atoms with Crippen LogP contribution in [0, 0.1) is 0 Å². The number of nitrogens with zero attached hydrogens (tertiary/aromatic N) is 3. The summed E-state index contributed by atoms with van der Waals surface area (Å²) in [5.41, 5.74) is 0.458. The number of halogens is 2. The minimum atomic E-state index is -2.64. The van der Waals surface area contributed by atoms with Crippen molar-refractivity contribution < 1.29 is 13.5 Å². The average molecular weight is 309 g/mol. The second-order valence-electron chi connectivity index (χ2n) is 6.16. The maximum atomic E-state index is 13.0. The van der Waals surface area contributed by atoms with E-state index in [2.05, 4.69) is 5.10 Å². The molecule has 0 radical (unpaired) electrons. The summed E-state index contributed by atoms with van der Waals surface area (Å²) in [5.74, 6) is -2.64. The highest BCUT2D eigenvalue weighted by Crippen LogP contribution is 2.44. The monoisotopic (exact) mass is 309 g/mol. The van der Waals surface area contributed by atoms with E-state index in [1.807, 2.05) is 0 Å². The van der Waals surface area contributed by atoms with Gasteiger partial charge in [-0.2, -0.15) is 5.10 Å². The van der Waals surface area contributed by atoms with Crippen LogP contribution in [0.1, 0.15) is 44.4 Å². The molecule has 1 aliphatic carbocycles. The normalized spacial score (nSPS) is 25.3. The van der Waals surface area contributed by atoms with Crippen molar-refractivity contribution in [2.45, 2.75) is 50.3 Å². The lowest BCUT2D eigenvalue weighted by atomic mass is 9.88. The third-order valence-corrected chi connectivity index (χ3v) is 4.58. The molecule has 1 unspecified atom stereocenters. The van der Waals surface area contributed by atoms with Gasteiger partial charge in [0.15, 0.2) is 6.23 Å². The molecule has 118 valence electrons. The van der Waals surface area contributed by atoms with Crippen molar-refractivity contribution in [2.75, 3.05) is 6.61 Å². The molecule has 5 nitrogen and oxygen atoms in total. The van der Waals surface area contributed by atoms with Crippen molar-refractivity contribution in [1.29, 1.82) is 0 Å². The molecule has 1 aliphatic heterocycles. The summed E-state index contributed by atoms with van der Waals surface area (Å²) in [6.45, 7) is 0.695. The van der Waals surface area contributed by atoms with Crippen LogP contribution >= 0.6 is 0 Å². The summed E-state index contributed by atoms with van der Waals surface area (Å²) in [4.78, 5) is 12.5. The van der Waals surface area contributed by atoms with E-state index in [0.717, 1.165) is 19.3 Å². The Kier molecular flexibility index (Phi) is 3.07. The molecule has 0 bridgehead atoms. The molecule has 2 aromatic heterocycles. The Labute approximate surface area is 125 Å². The first-order chi connectivity index (χ1) is 10.6. The van der Waals surface area contributed by atoms with E-state index in [1.165, 1.54) is 10.8 Å². The molecular formula is C15H17F2N3O2. The fraction of sp³-hybridized carbons (Fsp3) is 0.600. The van der Waals surface area contributed by atoms with E-state index in [9.17, 15) is 13.6 Å². The maximum Gasteiger partial charge on any atom is 0.261 e. The molecule has 3 heterocycles. The van der Waals surface area contributed by atoms with Gasteiger partial charge in [0.2, 0.25) is 0 Å². The molecule has 1 atom stereocenters. The molecular weight excluding hydrogens is 292 g/mol. The predicted octanol–water partition coefficient (Wildman–Crippen LogP) is 2.87. The number of alkyl halides is 2. The lowest BCUT2D eigenvalue weighted by molar-refractivity contribution is -0.104. The number of aromatic nitrogens is 3. The van der Waals surface area contributed by atoms with Crippen molar-refractivity contribution in [3.8, 4) is 0 Å². The Morgan fingerprint density at radius 3 is 2.82 bits per heavy atom. The highest BCUT2D eigenvalue weighted by Gasteiger charge is 2.46. The zero-order valence-corrected chi connectivity index (χ0v) is 12.0. The molecule has 4 rings (SSSR count). The smallest absolute Gasteiger partial charge is 0.261 e. The van der Waals surface area contributed by atoms with Crippen LogP contribution < -0.4 is 5.56 Å². The average Bonchev–Trinajstić information content (AvgIpc) is 2.91. The Bertz CT molecular complexity index is 754. The zero-order valence-electron chi connectivity index (χ0n) is 12.0. The summed E-state index contributed by atoms with van der Waals surface area (Å²) in [6, 6.07) is 1.36. The Morgan fingerprint density at radius 1 is 1.32 bits per heavy atom. The topological polar surface area (TPSA) is 49.1 Å². The SMILES string of the molecule is O=c1c2cnn(C3CCCCO3)c2ccn1C1CC(F)(F)C1. The van der Waals surface area contributed by atoms with Crippen LogP contribution in [-0.4, -0.2) is 26.9 Å². The van der Waals surface area contributed by atoms with Crippen LogP contribution in [0.4, 0.5) is 8.78 Å². The quantitative estimate of drug-likeness (QED) is 0.857. The number of hydrogen-bond acceptors (Lipinski definition) is 3. The van der Waals surface area contributed by atoms with Crippen molar-refractivity contribution in [1.82, 2.24) is 14.3 Å². The van der Waals surface area contributed by atoms with Crippen LogP contribution in [0.3, 0.4) is 0 Å². The van der Waals surface area contributed by atoms with E-state index in [0.29, 0.717) is 17.5 Å². The minimum Gasteiger partial charge on any atom is -0.356 e. The third-order valence-electron chi connectivity index (χ3n) is 4.58. The number of fused-ring (bicyclic) bond motifs is 1. The van der Waals surface area contributed by atoms with E-state index in [4.69, 9.17) is 4.74 Å². The van der Waals surface area contributed by atoms with Gasteiger partial charge in [-0.1, -0.05) is 0 Å². The maximum absolute atomic E-state index is 13.0. The Balaban J connectivity index is 1.70. The second kappa shape index (κ2) is 4.87. The summed E-state index contributed by atoms with van der Waals surface area (Å²) in [7, 11) is 0. The summed E-state index contributed by atoms with van der Waals surface area (Å²) in [5, 5.41) is 4.75. The second-order valence-corrected chi connectivity index (χ2v) is 6.16. The summed E-state index contributed by atoms with van der Waals surface area (Å²) in [6.07, 6.45) is 5.42. The first-order valence-corrected chi connectivity index (χ1v) is 7.63. The molecule has 7 heteroatoms. The van der Waals surface area contributed by atoms with Crippen molar-refractivity contribution in [3.63, 3.8) is 0 Å². The van der Waals surface area contributed by atoms with Crippen molar-refractivity contribution in [3.05, 3.63) is 28.8 Å². The van der Waals surface area contributed by atoms with Gasteiger partial charge in [0.1, 0.15) is 0 Å². The zero-order chi connectivity index (χ0) is 15.3. The molecule has 2 fully saturated rings. The standard InChI is InChI=1S/C15H17F2N3O2/c16-15(17)7-10(8-15)19-5-4-12-11(14(19)21)9-18-20(12)13-3-1-2-6-22-13/h4-5,9-10,13H,1-3,6-8H2. The summed E-state index contributed by atoms with van der Waals surface area (Å²) >= 11 is 0. The van der Waals surface area contributed by atoms with E-state index < -0.39 is 12.0 Å². The fourth-order valence-corrected chi connectivity index (χ4v) is 3.32.